The zero-order chi connectivity index (χ0) is 15.1. The number of carboxylic acids is 1. The van der Waals surface area contributed by atoms with Crippen LogP contribution in [0.25, 0.3) is 0 Å². The predicted octanol–water partition coefficient (Wildman–Crippen LogP) is -0.785. The highest BCUT2D eigenvalue weighted by Crippen LogP contribution is 2.18. The minimum atomic E-state index is -1.21. The molecule has 1 atom stereocenters. The van der Waals surface area contributed by atoms with Crippen molar-refractivity contribution in [3.63, 3.8) is 0 Å². The molecule has 1 rings (SSSR count). The lowest BCUT2D eigenvalue weighted by molar-refractivity contribution is -0.138. The summed E-state index contributed by atoms with van der Waals surface area (Å²) in [5.41, 5.74) is 5.04. The SMILES string of the molecule is NC(=O)CN(CC(=O)O)C(=O)N1CCCCCC1CO. The van der Waals surface area contributed by atoms with Crippen LogP contribution in [-0.4, -0.2) is 70.2 Å². The summed E-state index contributed by atoms with van der Waals surface area (Å²) in [4.78, 5) is 36.5. The topological polar surface area (TPSA) is 124 Å². The molecular formula is C12H21N3O5. The first kappa shape index (κ1) is 16.2. The molecule has 0 radical (unpaired) electrons. The van der Waals surface area contributed by atoms with Crippen LogP contribution < -0.4 is 5.73 Å². The number of carbonyl (C=O) groups is 3. The van der Waals surface area contributed by atoms with Gasteiger partial charge in [0.15, 0.2) is 0 Å². The minimum Gasteiger partial charge on any atom is -0.480 e. The van der Waals surface area contributed by atoms with Crippen LogP contribution in [0, 0.1) is 0 Å². The van der Waals surface area contributed by atoms with Crippen molar-refractivity contribution in [3.8, 4) is 0 Å². The molecule has 0 aromatic heterocycles. The van der Waals surface area contributed by atoms with Crippen molar-refractivity contribution >= 4 is 17.9 Å². The van der Waals surface area contributed by atoms with Gasteiger partial charge in [-0.1, -0.05) is 12.8 Å². The summed E-state index contributed by atoms with van der Waals surface area (Å²) in [6.07, 6.45) is 3.32. The third kappa shape index (κ3) is 4.69. The van der Waals surface area contributed by atoms with Crippen molar-refractivity contribution in [2.75, 3.05) is 26.2 Å². The van der Waals surface area contributed by atoms with Gasteiger partial charge in [-0.15, -0.1) is 0 Å². The van der Waals surface area contributed by atoms with Gasteiger partial charge in [0.2, 0.25) is 5.91 Å². The van der Waals surface area contributed by atoms with Crippen LogP contribution in [0.2, 0.25) is 0 Å². The molecule has 0 aliphatic carbocycles. The number of amides is 3. The van der Waals surface area contributed by atoms with Gasteiger partial charge < -0.3 is 25.7 Å². The molecule has 1 heterocycles. The molecule has 3 amide bonds. The quantitative estimate of drug-likeness (QED) is 0.611. The van der Waals surface area contributed by atoms with Crippen molar-refractivity contribution < 1.29 is 24.6 Å². The molecule has 1 unspecified atom stereocenters. The van der Waals surface area contributed by atoms with Crippen molar-refractivity contribution in [2.45, 2.75) is 31.7 Å². The normalized spacial score (nSPS) is 19.2. The zero-order valence-corrected chi connectivity index (χ0v) is 11.3. The van der Waals surface area contributed by atoms with E-state index in [1.807, 2.05) is 0 Å². The van der Waals surface area contributed by atoms with E-state index >= 15 is 0 Å². The monoisotopic (exact) mass is 287 g/mol. The molecule has 4 N–H and O–H groups in total. The van der Waals surface area contributed by atoms with Gasteiger partial charge in [-0.25, -0.2) is 4.79 Å². The Kier molecular flexibility index (Phi) is 6.23. The van der Waals surface area contributed by atoms with Crippen LogP contribution in [0.15, 0.2) is 0 Å². The van der Waals surface area contributed by atoms with Gasteiger partial charge >= 0.3 is 12.0 Å². The van der Waals surface area contributed by atoms with Crippen LogP contribution in [0.1, 0.15) is 25.7 Å². The molecule has 114 valence electrons. The van der Waals surface area contributed by atoms with Crippen LogP contribution >= 0.6 is 0 Å². The molecular weight excluding hydrogens is 266 g/mol. The fourth-order valence-electron chi connectivity index (χ4n) is 2.34. The van der Waals surface area contributed by atoms with E-state index in [4.69, 9.17) is 10.8 Å². The second kappa shape index (κ2) is 7.68. The minimum absolute atomic E-state index is 0.177. The largest absolute Gasteiger partial charge is 0.480 e. The number of rotatable bonds is 5. The lowest BCUT2D eigenvalue weighted by atomic mass is 10.1. The molecule has 0 aromatic rings. The number of aliphatic hydroxyl groups excluding tert-OH is 1. The molecule has 0 bridgehead atoms. The third-order valence-electron chi connectivity index (χ3n) is 3.28. The number of aliphatic hydroxyl groups is 1. The summed E-state index contributed by atoms with van der Waals surface area (Å²) in [6, 6.07) is -0.902. The molecule has 1 aliphatic rings. The number of urea groups is 1. The second-order valence-corrected chi connectivity index (χ2v) is 4.88. The van der Waals surface area contributed by atoms with E-state index < -0.39 is 31.0 Å². The van der Waals surface area contributed by atoms with Crippen molar-refractivity contribution in [2.24, 2.45) is 5.73 Å². The Morgan fingerprint density at radius 1 is 1.20 bits per heavy atom. The number of likely N-dealkylation sites (tertiary alicyclic amines) is 1. The van der Waals surface area contributed by atoms with Crippen molar-refractivity contribution in [3.05, 3.63) is 0 Å². The zero-order valence-electron chi connectivity index (χ0n) is 11.3. The lowest BCUT2D eigenvalue weighted by Gasteiger charge is -2.33. The van der Waals surface area contributed by atoms with Gasteiger partial charge in [-0.3, -0.25) is 9.59 Å². The smallest absolute Gasteiger partial charge is 0.323 e. The van der Waals surface area contributed by atoms with Crippen LogP contribution in [0.3, 0.4) is 0 Å². The van der Waals surface area contributed by atoms with Crippen LogP contribution in [-0.2, 0) is 9.59 Å². The van der Waals surface area contributed by atoms with E-state index in [0.29, 0.717) is 13.0 Å². The maximum atomic E-state index is 12.4. The molecule has 0 aromatic carbocycles. The molecule has 8 heteroatoms. The van der Waals surface area contributed by atoms with Gasteiger partial charge in [0.05, 0.1) is 12.6 Å². The Hall–Kier alpha value is -1.83. The second-order valence-electron chi connectivity index (χ2n) is 4.88. The Labute approximate surface area is 117 Å². The van der Waals surface area contributed by atoms with E-state index in [0.717, 1.165) is 24.2 Å². The highest BCUT2D eigenvalue weighted by atomic mass is 16.4. The fraction of sp³-hybridized carbons (Fsp3) is 0.750. The van der Waals surface area contributed by atoms with Crippen molar-refractivity contribution in [1.82, 2.24) is 9.80 Å². The van der Waals surface area contributed by atoms with E-state index in [9.17, 15) is 19.5 Å². The summed E-state index contributed by atoms with van der Waals surface area (Å²) >= 11 is 0. The number of carboxylic acid groups (broad SMARTS) is 1. The highest BCUT2D eigenvalue weighted by Gasteiger charge is 2.30. The summed E-state index contributed by atoms with van der Waals surface area (Å²) in [7, 11) is 0. The Morgan fingerprint density at radius 3 is 2.45 bits per heavy atom. The maximum Gasteiger partial charge on any atom is 0.323 e. The Balaban J connectivity index is 2.83. The number of hydrogen-bond acceptors (Lipinski definition) is 4. The van der Waals surface area contributed by atoms with Gasteiger partial charge in [0.25, 0.3) is 0 Å². The molecule has 1 aliphatic heterocycles. The lowest BCUT2D eigenvalue weighted by Crippen LogP contribution is -2.52. The predicted molar refractivity (Wildman–Crippen MR) is 69.8 cm³/mol. The summed E-state index contributed by atoms with van der Waals surface area (Å²) in [6.45, 7) is -0.766. The average Bonchev–Trinajstić information content (AvgIpc) is 2.60. The van der Waals surface area contributed by atoms with Gasteiger partial charge in [0, 0.05) is 6.54 Å². The standard InChI is InChI=1S/C12H21N3O5/c13-10(17)6-14(7-11(18)19)12(20)15-5-3-1-2-4-9(15)8-16/h9,16H,1-8H2,(H2,13,17)(H,18,19). The summed E-state index contributed by atoms with van der Waals surface area (Å²) < 4.78 is 0. The fourth-order valence-corrected chi connectivity index (χ4v) is 2.34. The van der Waals surface area contributed by atoms with E-state index in [2.05, 4.69) is 0 Å². The molecule has 1 saturated heterocycles. The molecule has 1 fully saturated rings. The van der Waals surface area contributed by atoms with E-state index in [1.165, 1.54) is 4.90 Å². The first-order chi connectivity index (χ1) is 9.45. The van der Waals surface area contributed by atoms with Crippen LogP contribution in [0.5, 0.6) is 0 Å². The molecule has 20 heavy (non-hydrogen) atoms. The average molecular weight is 287 g/mol. The molecule has 0 saturated carbocycles. The Bertz CT molecular complexity index is 358. The Morgan fingerprint density at radius 2 is 1.90 bits per heavy atom. The number of hydrogen-bond donors (Lipinski definition) is 3. The van der Waals surface area contributed by atoms with Gasteiger partial charge in [-0.2, -0.15) is 0 Å². The number of nitrogens with zero attached hydrogens (tertiary/aromatic N) is 2. The number of nitrogens with two attached hydrogens (primary N) is 1. The molecule has 8 nitrogen and oxygen atoms in total. The van der Waals surface area contributed by atoms with E-state index in [1.54, 1.807) is 0 Å². The van der Waals surface area contributed by atoms with E-state index in [-0.39, 0.29) is 12.6 Å². The number of carbonyl (C=O) groups excluding carboxylic acids is 2. The van der Waals surface area contributed by atoms with Gasteiger partial charge in [0.1, 0.15) is 13.1 Å². The molecule has 0 spiro atoms. The first-order valence-corrected chi connectivity index (χ1v) is 6.62. The summed E-state index contributed by atoms with van der Waals surface area (Å²) in [5.74, 6) is -1.98. The van der Waals surface area contributed by atoms with Gasteiger partial charge in [-0.05, 0) is 12.8 Å². The van der Waals surface area contributed by atoms with Crippen molar-refractivity contribution in [1.29, 1.82) is 0 Å². The highest BCUT2D eigenvalue weighted by molar-refractivity contribution is 5.86. The first-order valence-electron chi connectivity index (χ1n) is 6.62. The maximum absolute atomic E-state index is 12.4. The van der Waals surface area contributed by atoms with Crippen LogP contribution in [0.4, 0.5) is 4.79 Å². The number of aliphatic carboxylic acids is 1. The third-order valence-corrected chi connectivity index (χ3v) is 3.28. The summed E-state index contributed by atoms with van der Waals surface area (Å²) in [5, 5.41) is 18.2. The number of primary amides is 1.